The molecule has 0 spiro atoms. The van der Waals surface area contributed by atoms with E-state index < -0.39 is 0 Å². The van der Waals surface area contributed by atoms with Crippen LogP contribution >= 0.6 is 24.0 Å². The van der Waals surface area contributed by atoms with Crippen molar-refractivity contribution in [3.05, 3.63) is 100 Å². The van der Waals surface area contributed by atoms with Gasteiger partial charge in [-0.15, -0.1) is 0 Å². The van der Waals surface area contributed by atoms with Gasteiger partial charge in [-0.05, 0) is 59.4 Å². The summed E-state index contributed by atoms with van der Waals surface area (Å²) in [5, 5.41) is 0. The van der Waals surface area contributed by atoms with E-state index in [1.54, 1.807) is 4.90 Å². The normalized spacial score (nSPS) is 15.4. The number of benzene rings is 3. The summed E-state index contributed by atoms with van der Waals surface area (Å²) in [4.78, 5) is 15.2. The van der Waals surface area contributed by atoms with E-state index in [4.69, 9.17) is 21.7 Å². The molecule has 1 unspecified atom stereocenters. The number of thioether (sulfide) groups is 1. The van der Waals surface area contributed by atoms with Crippen molar-refractivity contribution in [3.63, 3.8) is 0 Å². The molecule has 1 amide bonds. The molecular weight excluding hydrogens is 486 g/mol. The molecule has 0 aliphatic carbocycles. The average Bonchev–Trinajstić information content (AvgIpc) is 3.17. The minimum absolute atomic E-state index is 0.0521. The molecule has 1 heterocycles. The van der Waals surface area contributed by atoms with Crippen LogP contribution in [-0.2, 0) is 11.3 Å². The number of nitrogens with zero attached hydrogens (tertiary/aromatic N) is 1. The second-order valence-electron chi connectivity index (χ2n) is 8.75. The zero-order valence-corrected chi connectivity index (χ0v) is 22.3. The van der Waals surface area contributed by atoms with E-state index in [0.717, 1.165) is 35.5 Å². The summed E-state index contributed by atoms with van der Waals surface area (Å²) in [7, 11) is 0. The molecule has 1 atom stereocenters. The largest absolute Gasteiger partial charge is 0.493 e. The fourth-order valence-corrected chi connectivity index (χ4v) is 5.04. The molecule has 0 N–H and O–H groups in total. The molecule has 1 aliphatic rings. The van der Waals surface area contributed by atoms with Gasteiger partial charge in [0.15, 0.2) is 0 Å². The van der Waals surface area contributed by atoms with E-state index in [9.17, 15) is 4.79 Å². The molecule has 0 bridgehead atoms. The maximum Gasteiger partial charge on any atom is 0.266 e. The summed E-state index contributed by atoms with van der Waals surface area (Å²) in [5.74, 6) is 2.20. The van der Waals surface area contributed by atoms with E-state index in [0.29, 0.717) is 34.9 Å². The van der Waals surface area contributed by atoms with Crippen LogP contribution in [0.3, 0.4) is 0 Å². The Morgan fingerprint density at radius 1 is 0.917 bits per heavy atom. The highest BCUT2D eigenvalue weighted by Crippen LogP contribution is 2.33. The van der Waals surface area contributed by atoms with Crippen molar-refractivity contribution in [2.24, 2.45) is 0 Å². The van der Waals surface area contributed by atoms with Crippen LogP contribution in [-0.4, -0.2) is 28.3 Å². The van der Waals surface area contributed by atoms with Gasteiger partial charge in [-0.3, -0.25) is 9.69 Å². The lowest BCUT2D eigenvalue weighted by atomic mass is 9.99. The molecule has 4 rings (SSSR count). The van der Waals surface area contributed by atoms with Gasteiger partial charge in [0.2, 0.25) is 0 Å². The molecule has 3 aromatic rings. The van der Waals surface area contributed by atoms with Crippen LogP contribution in [0.5, 0.6) is 11.5 Å². The Balaban J connectivity index is 1.22. The highest BCUT2D eigenvalue weighted by Gasteiger charge is 2.31. The van der Waals surface area contributed by atoms with Gasteiger partial charge in [-0.25, -0.2) is 0 Å². The molecule has 0 aromatic heterocycles. The number of hydrogen-bond acceptors (Lipinski definition) is 5. The number of carbonyl (C=O) groups is 1. The number of ether oxygens (including phenoxy) is 2. The first-order valence-corrected chi connectivity index (χ1v) is 13.5. The lowest BCUT2D eigenvalue weighted by Crippen LogP contribution is -2.27. The Kier molecular flexibility index (Phi) is 9.20. The first kappa shape index (κ1) is 26.0. The molecule has 4 nitrogen and oxygen atoms in total. The molecule has 1 saturated heterocycles. The molecule has 6 heteroatoms. The minimum atomic E-state index is -0.0521. The van der Waals surface area contributed by atoms with Crippen LogP contribution in [0.2, 0.25) is 0 Å². The second-order valence-corrected chi connectivity index (χ2v) is 10.4. The van der Waals surface area contributed by atoms with Crippen molar-refractivity contribution < 1.29 is 14.3 Å². The Morgan fingerprint density at radius 2 is 1.53 bits per heavy atom. The van der Waals surface area contributed by atoms with Gasteiger partial charge in [0.05, 0.1) is 24.7 Å². The topological polar surface area (TPSA) is 38.8 Å². The highest BCUT2D eigenvalue weighted by atomic mass is 32.2. The van der Waals surface area contributed by atoms with Gasteiger partial charge < -0.3 is 9.47 Å². The van der Waals surface area contributed by atoms with Crippen molar-refractivity contribution >= 4 is 40.3 Å². The summed E-state index contributed by atoms with van der Waals surface area (Å²) >= 11 is 6.79. The van der Waals surface area contributed by atoms with Crippen molar-refractivity contribution in [3.8, 4) is 11.5 Å². The van der Waals surface area contributed by atoms with Crippen molar-refractivity contribution in [1.29, 1.82) is 0 Å². The molecular formula is C30H31NO3S2. The highest BCUT2D eigenvalue weighted by molar-refractivity contribution is 8.26. The molecule has 0 radical (unpaired) electrons. The first-order valence-electron chi connectivity index (χ1n) is 12.3. The standard InChI is InChI=1S/C30H31NO3S2/c1-3-22(2)25-12-16-27(17-13-25)34-19-7-18-33-26-14-10-23(11-15-26)20-28-29(32)31(30(35)36-28)21-24-8-5-4-6-9-24/h4-6,8-17,20,22H,3,7,18-19,21H2,1-2H3. The molecule has 36 heavy (non-hydrogen) atoms. The van der Waals surface area contributed by atoms with Gasteiger partial charge in [0, 0.05) is 6.42 Å². The van der Waals surface area contributed by atoms with Crippen LogP contribution in [0.4, 0.5) is 0 Å². The third kappa shape index (κ3) is 6.99. The van der Waals surface area contributed by atoms with Crippen LogP contribution in [0, 0.1) is 0 Å². The van der Waals surface area contributed by atoms with Crippen LogP contribution in [0.25, 0.3) is 6.08 Å². The van der Waals surface area contributed by atoms with Crippen LogP contribution < -0.4 is 9.47 Å². The van der Waals surface area contributed by atoms with Gasteiger partial charge in [-0.1, -0.05) is 92.4 Å². The van der Waals surface area contributed by atoms with Gasteiger partial charge in [0.25, 0.3) is 5.91 Å². The quantitative estimate of drug-likeness (QED) is 0.150. The molecule has 3 aromatic carbocycles. The summed E-state index contributed by atoms with van der Waals surface area (Å²) in [5.41, 5.74) is 3.34. The predicted octanol–water partition coefficient (Wildman–Crippen LogP) is 7.45. The second kappa shape index (κ2) is 12.7. The molecule has 1 aliphatic heterocycles. The van der Waals surface area contributed by atoms with E-state index in [1.165, 1.54) is 17.3 Å². The summed E-state index contributed by atoms with van der Waals surface area (Å²) in [6, 6.07) is 26.0. The third-order valence-corrected chi connectivity index (χ3v) is 7.50. The fourth-order valence-electron chi connectivity index (χ4n) is 3.78. The molecule has 0 saturated carbocycles. The van der Waals surface area contributed by atoms with Crippen LogP contribution in [0.1, 0.15) is 49.3 Å². The average molecular weight is 518 g/mol. The van der Waals surface area contributed by atoms with Gasteiger partial charge in [-0.2, -0.15) is 0 Å². The van der Waals surface area contributed by atoms with E-state index in [1.807, 2.05) is 72.8 Å². The monoisotopic (exact) mass is 517 g/mol. The molecule has 1 fully saturated rings. The lowest BCUT2D eigenvalue weighted by molar-refractivity contribution is -0.122. The van der Waals surface area contributed by atoms with Crippen LogP contribution in [0.15, 0.2) is 83.8 Å². The number of amides is 1. The number of rotatable bonds is 11. The van der Waals surface area contributed by atoms with Gasteiger partial charge >= 0.3 is 0 Å². The van der Waals surface area contributed by atoms with Crippen molar-refractivity contribution in [2.75, 3.05) is 13.2 Å². The molecule has 186 valence electrons. The lowest BCUT2D eigenvalue weighted by Gasteiger charge is -2.14. The van der Waals surface area contributed by atoms with E-state index in [2.05, 4.69) is 26.0 Å². The number of hydrogen-bond donors (Lipinski definition) is 0. The predicted molar refractivity (Wildman–Crippen MR) is 152 cm³/mol. The Hall–Kier alpha value is -3.09. The zero-order chi connectivity index (χ0) is 25.3. The third-order valence-electron chi connectivity index (χ3n) is 6.12. The van der Waals surface area contributed by atoms with Gasteiger partial charge in [0.1, 0.15) is 15.8 Å². The summed E-state index contributed by atoms with van der Waals surface area (Å²) in [6.07, 6.45) is 3.81. The maximum atomic E-state index is 12.9. The van der Waals surface area contributed by atoms with Crippen molar-refractivity contribution in [2.45, 2.75) is 39.2 Å². The smallest absolute Gasteiger partial charge is 0.266 e. The first-order chi connectivity index (χ1) is 17.5. The Bertz CT molecular complexity index is 1190. The number of thiocarbonyl (C=S) groups is 1. The summed E-state index contributed by atoms with van der Waals surface area (Å²) < 4.78 is 12.3. The number of carbonyl (C=O) groups excluding carboxylic acids is 1. The Morgan fingerprint density at radius 3 is 2.14 bits per heavy atom. The van der Waals surface area contributed by atoms with Crippen molar-refractivity contribution in [1.82, 2.24) is 4.90 Å². The fraction of sp³-hybridized carbons (Fsp3) is 0.267. The SMILES string of the molecule is CCC(C)c1ccc(OCCCOc2ccc(C=C3SC(=S)N(Cc4ccccc4)C3=O)cc2)cc1. The maximum absolute atomic E-state index is 12.9. The van der Waals surface area contributed by atoms with E-state index >= 15 is 0 Å². The van der Waals surface area contributed by atoms with E-state index in [-0.39, 0.29) is 5.91 Å². The zero-order valence-electron chi connectivity index (χ0n) is 20.7. The Labute approximate surface area is 223 Å². The summed E-state index contributed by atoms with van der Waals surface area (Å²) in [6.45, 7) is 6.10. The minimum Gasteiger partial charge on any atom is -0.493 e.